The second-order valence-corrected chi connectivity index (χ2v) is 7.04. The third-order valence-corrected chi connectivity index (χ3v) is 5.49. The summed E-state index contributed by atoms with van der Waals surface area (Å²) in [5.41, 5.74) is 2.21. The molecule has 2 amide bonds. The van der Waals surface area contributed by atoms with Crippen LogP contribution >= 0.6 is 0 Å². The number of ether oxygens (including phenoxy) is 1. The van der Waals surface area contributed by atoms with E-state index in [-0.39, 0.29) is 17.9 Å². The lowest BCUT2D eigenvalue weighted by atomic mass is 9.95. The first kappa shape index (κ1) is 16.5. The van der Waals surface area contributed by atoms with Gasteiger partial charge in [-0.25, -0.2) is 0 Å². The highest BCUT2D eigenvalue weighted by Crippen LogP contribution is 2.30. The number of hydrogen-bond acceptors (Lipinski definition) is 4. The molecule has 3 heterocycles. The lowest BCUT2D eigenvalue weighted by molar-refractivity contribution is -0.149. The molecule has 2 fully saturated rings. The predicted molar refractivity (Wildman–Crippen MR) is 93.0 cm³/mol. The summed E-state index contributed by atoms with van der Waals surface area (Å²) in [5, 5.41) is 3.11. The molecule has 0 radical (unpaired) electrons. The molecule has 2 saturated heterocycles. The highest BCUT2D eigenvalue weighted by atomic mass is 16.5. The van der Waals surface area contributed by atoms with Gasteiger partial charge in [-0.15, -0.1) is 0 Å². The Bertz CT molecular complexity index is 663. The number of piperazine rings is 1. The number of hydrogen-bond donors (Lipinski definition) is 1. The normalized spacial score (nSPS) is 27.1. The van der Waals surface area contributed by atoms with Gasteiger partial charge in [0.2, 0.25) is 5.91 Å². The fraction of sp³-hybridized carbons (Fsp3) is 0.579. The first-order chi connectivity index (χ1) is 12.2. The Balaban J connectivity index is 1.48. The molecule has 0 bridgehead atoms. The van der Waals surface area contributed by atoms with Crippen LogP contribution in [-0.4, -0.2) is 67.0 Å². The van der Waals surface area contributed by atoms with Crippen molar-refractivity contribution in [1.82, 2.24) is 15.1 Å². The molecule has 0 aromatic heterocycles. The second kappa shape index (κ2) is 7.14. The van der Waals surface area contributed by atoms with E-state index in [4.69, 9.17) is 4.74 Å². The van der Waals surface area contributed by atoms with Crippen molar-refractivity contribution in [2.24, 2.45) is 0 Å². The Morgan fingerprint density at radius 2 is 2.12 bits per heavy atom. The zero-order valence-electron chi connectivity index (χ0n) is 14.4. The van der Waals surface area contributed by atoms with Crippen LogP contribution in [0.4, 0.5) is 0 Å². The zero-order chi connectivity index (χ0) is 17.2. The van der Waals surface area contributed by atoms with E-state index in [9.17, 15) is 9.59 Å². The summed E-state index contributed by atoms with van der Waals surface area (Å²) in [5.74, 6) is 0.184. The molecular weight excluding hydrogens is 318 g/mol. The van der Waals surface area contributed by atoms with Gasteiger partial charge in [0.05, 0.1) is 13.2 Å². The molecule has 0 aliphatic carbocycles. The molecule has 25 heavy (non-hydrogen) atoms. The van der Waals surface area contributed by atoms with Crippen molar-refractivity contribution in [1.29, 1.82) is 0 Å². The third kappa shape index (κ3) is 3.28. The molecule has 0 spiro atoms. The lowest BCUT2D eigenvalue weighted by Gasteiger charge is -2.42. The minimum Gasteiger partial charge on any atom is -0.363 e. The molecule has 2 atom stereocenters. The zero-order valence-corrected chi connectivity index (χ0v) is 14.4. The summed E-state index contributed by atoms with van der Waals surface area (Å²) in [7, 11) is 0. The van der Waals surface area contributed by atoms with Crippen LogP contribution < -0.4 is 5.32 Å². The number of benzene rings is 1. The van der Waals surface area contributed by atoms with Crippen LogP contribution in [0.15, 0.2) is 24.3 Å². The predicted octanol–water partition coefficient (Wildman–Crippen LogP) is 0.723. The van der Waals surface area contributed by atoms with E-state index >= 15 is 0 Å². The topological polar surface area (TPSA) is 61.9 Å². The average molecular weight is 343 g/mol. The van der Waals surface area contributed by atoms with Gasteiger partial charge in [0.1, 0.15) is 0 Å². The van der Waals surface area contributed by atoms with Crippen LogP contribution in [-0.2, 0) is 20.7 Å². The minimum absolute atomic E-state index is 0.0411. The van der Waals surface area contributed by atoms with Gasteiger partial charge < -0.3 is 19.9 Å². The van der Waals surface area contributed by atoms with Gasteiger partial charge >= 0.3 is 0 Å². The molecule has 6 heteroatoms. The molecule has 1 N–H and O–H groups in total. The first-order valence-electron chi connectivity index (χ1n) is 9.22. The molecule has 1 aromatic carbocycles. The highest BCUT2D eigenvalue weighted by molar-refractivity contribution is 5.83. The SMILES string of the molecule is O=C(C1OCCc2ccccc21)N1CCCC(N2CCNCC2=O)C1. The Morgan fingerprint density at radius 3 is 3.00 bits per heavy atom. The van der Waals surface area contributed by atoms with Gasteiger partial charge in [-0.3, -0.25) is 9.59 Å². The van der Waals surface area contributed by atoms with Gasteiger partial charge in [0, 0.05) is 32.2 Å². The van der Waals surface area contributed by atoms with Crippen molar-refractivity contribution in [3.8, 4) is 0 Å². The molecule has 3 aliphatic rings. The maximum atomic E-state index is 13.1. The number of rotatable bonds is 2. The van der Waals surface area contributed by atoms with Gasteiger partial charge in [-0.1, -0.05) is 24.3 Å². The molecule has 3 aliphatic heterocycles. The summed E-state index contributed by atoms with van der Waals surface area (Å²) in [4.78, 5) is 29.1. The Labute approximate surface area is 148 Å². The average Bonchev–Trinajstić information content (AvgIpc) is 2.67. The van der Waals surface area contributed by atoms with E-state index in [0.717, 1.165) is 44.5 Å². The van der Waals surface area contributed by atoms with Crippen molar-refractivity contribution in [3.63, 3.8) is 0 Å². The lowest BCUT2D eigenvalue weighted by Crippen LogP contribution is -2.58. The Morgan fingerprint density at radius 1 is 1.24 bits per heavy atom. The number of nitrogens with one attached hydrogen (secondary N) is 1. The molecule has 1 aromatic rings. The molecule has 4 rings (SSSR count). The Kier molecular flexibility index (Phi) is 4.72. The highest BCUT2D eigenvalue weighted by Gasteiger charge is 2.36. The maximum absolute atomic E-state index is 13.1. The number of piperidine rings is 1. The fourth-order valence-corrected chi connectivity index (χ4v) is 4.18. The number of likely N-dealkylation sites (tertiary alicyclic amines) is 1. The number of amides is 2. The molecule has 2 unspecified atom stereocenters. The van der Waals surface area contributed by atoms with Crippen molar-refractivity contribution >= 4 is 11.8 Å². The van der Waals surface area contributed by atoms with E-state index in [1.807, 2.05) is 28.0 Å². The van der Waals surface area contributed by atoms with Crippen LogP contribution in [0.25, 0.3) is 0 Å². The molecule has 134 valence electrons. The monoisotopic (exact) mass is 343 g/mol. The molecule has 0 saturated carbocycles. The molecule has 6 nitrogen and oxygen atoms in total. The number of carbonyl (C=O) groups is 2. The van der Waals surface area contributed by atoms with Crippen molar-refractivity contribution < 1.29 is 14.3 Å². The van der Waals surface area contributed by atoms with Gasteiger partial charge in [0.15, 0.2) is 6.10 Å². The number of carbonyl (C=O) groups excluding carboxylic acids is 2. The van der Waals surface area contributed by atoms with Crippen molar-refractivity contribution in [2.75, 3.05) is 39.3 Å². The van der Waals surface area contributed by atoms with Crippen molar-refractivity contribution in [2.45, 2.75) is 31.4 Å². The van der Waals surface area contributed by atoms with E-state index in [0.29, 0.717) is 19.7 Å². The van der Waals surface area contributed by atoms with Gasteiger partial charge in [-0.05, 0) is 30.4 Å². The minimum atomic E-state index is -0.498. The van der Waals surface area contributed by atoms with E-state index in [2.05, 4.69) is 11.4 Å². The fourth-order valence-electron chi connectivity index (χ4n) is 4.18. The van der Waals surface area contributed by atoms with Crippen LogP contribution in [0.2, 0.25) is 0 Å². The van der Waals surface area contributed by atoms with Crippen LogP contribution in [0.5, 0.6) is 0 Å². The Hall–Kier alpha value is -1.92. The van der Waals surface area contributed by atoms with E-state index in [1.165, 1.54) is 5.56 Å². The summed E-state index contributed by atoms with van der Waals surface area (Å²) in [6, 6.07) is 8.19. The third-order valence-electron chi connectivity index (χ3n) is 5.49. The smallest absolute Gasteiger partial charge is 0.256 e. The summed E-state index contributed by atoms with van der Waals surface area (Å²) < 4.78 is 5.84. The molecular formula is C19H25N3O3. The van der Waals surface area contributed by atoms with E-state index < -0.39 is 6.10 Å². The quantitative estimate of drug-likeness (QED) is 0.860. The standard InChI is InChI=1S/C19H25N3O3/c23-17-12-20-8-10-22(17)15-5-3-9-21(13-15)19(24)18-16-6-2-1-4-14(16)7-11-25-18/h1-2,4,6,15,18,20H,3,5,7-13H2. The summed E-state index contributed by atoms with van der Waals surface area (Å²) >= 11 is 0. The van der Waals surface area contributed by atoms with Crippen LogP contribution in [0, 0.1) is 0 Å². The summed E-state index contributed by atoms with van der Waals surface area (Å²) in [6.45, 7) is 3.92. The van der Waals surface area contributed by atoms with Crippen LogP contribution in [0.3, 0.4) is 0 Å². The van der Waals surface area contributed by atoms with E-state index in [1.54, 1.807) is 0 Å². The first-order valence-corrected chi connectivity index (χ1v) is 9.22. The number of nitrogens with zero attached hydrogens (tertiary/aromatic N) is 2. The maximum Gasteiger partial charge on any atom is 0.256 e. The van der Waals surface area contributed by atoms with Gasteiger partial charge in [-0.2, -0.15) is 0 Å². The largest absolute Gasteiger partial charge is 0.363 e. The second-order valence-electron chi connectivity index (χ2n) is 7.04. The van der Waals surface area contributed by atoms with Crippen molar-refractivity contribution in [3.05, 3.63) is 35.4 Å². The number of fused-ring (bicyclic) bond motifs is 1. The van der Waals surface area contributed by atoms with Crippen LogP contribution in [0.1, 0.15) is 30.1 Å². The summed E-state index contributed by atoms with van der Waals surface area (Å²) in [6.07, 6.45) is 2.26. The van der Waals surface area contributed by atoms with Gasteiger partial charge in [0.25, 0.3) is 5.91 Å².